The first kappa shape index (κ1) is 21.5. The highest BCUT2D eigenvalue weighted by atomic mass is 32.1. The number of para-hydroxylation sites is 1. The van der Waals surface area contributed by atoms with Crippen molar-refractivity contribution >= 4 is 34.5 Å². The highest BCUT2D eigenvalue weighted by Gasteiger charge is 2.19. The Labute approximate surface area is 192 Å². The average Bonchev–Trinajstić information content (AvgIpc) is 3.33. The van der Waals surface area contributed by atoms with E-state index in [1.54, 1.807) is 4.90 Å². The minimum Gasteiger partial charge on any atom is -0.326 e. The second-order valence-corrected chi connectivity index (χ2v) is 8.56. The monoisotopic (exact) mass is 440 g/mol. The summed E-state index contributed by atoms with van der Waals surface area (Å²) in [4.78, 5) is 28.1. The Kier molecular flexibility index (Phi) is 6.78. The molecule has 4 aromatic rings. The first-order chi connectivity index (χ1) is 15.6. The van der Waals surface area contributed by atoms with Gasteiger partial charge in [0.15, 0.2) is 0 Å². The molecule has 4 rings (SSSR count). The molecule has 0 spiro atoms. The van der Waals surface area contributed by atoms with Gasteiger partial charge in [-0.1, -0.05) is 66.2 Å². The Morgan fingerprint density at radius 1 is 0.844 bits per heavy atom. The molecule has 1 heterocycles. The summed E-state index contributed by atoms with van der Waals surface area (Å²) in [7, 11) is 0. The van der Waals surface area contributed by atoms with Gasteiger partial charge < -0.3 is 10.2 Å². The van der Waals surface area contributed by atoms with Gasteiger partial charge in [0.1, 0.15) is 0 Å². The maximum Gasteiger partial charge on any atom is 0.268 e. The molecule has 3 aromatic carbocycles. The number of thiophene rings is 1. The van der Waals surface area contributed by atoms with Gasteiger partial charge in [-0.05, 0) is 53.8 Å². The molecule has 32 heavy (non-hydrogen) atoms. The van der Waals surface area contributed by atoms with Crippen molar-refractivity contribution in [3.05, 3.63) is 118 Å². The lowest BCUT2D eigenvalue weighted by Gasteiger charge is -2.23. The normalized spacial score (nSPS) is 10.5. The Bertz CT molecular complexity index is 1190. The molecule has 4 nitrogen and oxygen atoms in total. The van der Waals surface area contributed by atoms with Gasteiger partial charge in [0, 0.05) is 11.4 Å². The minimum atomic E-state index is -0.0739. The molecule has 0 aliphatic heterocycles. The van der Waals surface area contributed by atoms with Gasteiger partial charge in [0.2, 0.25) is 5.91 Å². The molecule has 2 amide bonds. The molecule has 0 aliphatic rings. The summed E-state index contributed by atoms with van der Waals surface area (Å²) in [5.74, 6) is -0.105. The van der Waals surface area contributed by atoms with Gasteiger partial charge in [-0.15, -0.1) is 11.3 Å². The van der Waals surface area contributed by atoms with E-state index in [1.165, 1.54) is 11.3 Å². The standard InChI is InChI=1S/C27H24N2O2S/c1-20-7-5-8-22(17-20)19-29(27(31)25-11-6-16-32-25)24-14-12-21(13-15-24)18-26(30)28-23-9-3-2-4-10-23/h2-17H,18-19H2,1H3,(H,28,30). The number of nitrogens with zero attached hydrogens (tertiary/aromatic N) is 1. The Hall–Kier alpha value is -3.70. The Morgan fingerprint density at radius 2 is 1.62 bits per heavy atom. The summed E-state index contributed by atoms with van der Waals surface area (Å²) in [6, 6.07) is 29.0. The van der Waals surface area contributed by atoms with Crippen LogP contribution in [0, 0.1) is 6.92 Å². The number of carbonyl (C=O) groups excluding carboxylic acids is 2. The molecule has 0 unspecified atom stereocenters. The number of nitrogens with one attached hydrogen (secondary N) is 1. The summed E-state index contributed by atoms with van der Waals surface area (Å²) in [6.45, 7) is 2.52. The van der Waals surface area contributed by atoms with E-state index in [1.807, 2.05) is 97.2 Å². The fraction of sp³-hybridized carbons (Fsp3) is 0.111. The molecule has 5 heteroatoms. The second kappa shape index (κ2) is 10.1. The molecule has 0 aliphatic carbocycles. The zero-order valence-corrected chi connectivity index (χ0v) is 18.6. The van der Waals surface area contributed by atoms with Crippen LogP contribution in [0.25, 0.3) is 0 Å². The number of hydrogen-bond donors (Lipinski definition) is 1. The number of hydrogen-bond acceptors (Lipinski definition) is 3. The maximum absolute atomic E-state index is 13.2. The van der Waals surface area contributed by atoms with Crippen LogP contribution in [-0.4, -0.2) is 11.8 Å². The Morgan fingerprint density at radius 3 is 2.31 bits per heavy atom. The van der Waals surface area contributed by atoms with Crippen molar-refractivity contribution in [3.8, 4) is 0 Å². The van der Waals surface area contributed by atoms with Crippen LogP contribution in [0.1, 0.15) is 26.4 Å². The predicted molar refractivity (Wildman–Crippen MR) is 131 cm³/mol. The van der Waals surface area contributed by atoms with Crippen LogP contribution >= 0.6 is 11.3 Å². The van der Waals surface area contributed by atoms with E-state index in [0.29, 0.717) is 11.4 Å². The van der Waals surface area contributed by atoms with E-state index in [9.17, 15) is 9.59 Å². The molecule has 1 N–H and O–H groups in total. The molecule has 160 valence electrons. The smallest absolute Gasteiger partial charge is 0.268 e. The molecule has 0 radical (unpaired) electrons. The third-order valence-corrected chi connectivity index (χ3v) is 5.93. The quantitative estimate of drug-likeness (QED) is 0.378. The fourth-order valence-corrected chi connectivity index (χ4v) is 4.18. The summed E-state index contributed by atoms with van der Waals surface area (Å²) in [6.07, 6.45) is 0.270. The highest BCUT2D eigenvalue weighted by molar-refractivity contribution is 7.12. The number of rotatable bonds is 7. The lowest BCUT2D eigenvalue weighted by Crippen LogP contribution is -2.29. The number of anilines is 2. The third kappa shape index (κ3) is 5.50. The molecular formula is C27H24N2O2S. The van der Waals surface area contributed by atoms with E-state index < -0.39 is 0 Å². The fourth-order valence-electron chi connectivity index (χ4n) is 3.51. The largest absolute Gasteiger partial charge is 0.326 e. The number of carbonyl (C=O) groups is 2. The van der Waals surface area contributed by atoms with E-state index in [2.05, 4.69) is 11.4 Å². The van der Waals surface area contributed by atoms with Gasteiger partial charge in [-0.3, -0.25) is 9.59 Å². The summed E-state index contributed by atoms with van der Waals surface area (Å²) in [5, 5.41) is 4.81. The molecule has 0 fully saturated rings. The maximum atomic E-state index is 13.2. The lowest BCUT2D eigenvalue weighted by molar-refractivity contribution is -0.115. The number of benzene rings is 3. The van der Waals surface area contributed by atoms with Crippen LogP contribution in [0.2, 0.25) is 0 Å². The zero-order valence-electron chi connectivity index (χ0n) is 17.8. The number of aryl methyl sites for hydroxylation is 1. The van der Waals surface area contributed by atoms with Crippen molar-refractivity contribution in [2.75, 3.05) is 10.2 Å². The van der Waals surface area contributed by atoms with Gasteiger partial charge in [-0.25, -0.2) is 0 Å². The van der Waals surface area contributed by atoms with E-state index in [-0.39, 0.29) is 18.2 Å². The van der Waals surface area contributed by atoms with Crippen molar-refractivity contribution in [2.45, 2.75) is 19.9 Å². The van der Waals surface area contributed by atoms with Crippen LogP contribution in [0.3, 0.4) is 0 Å². The molecular weight excluding hydrogens is 416 g/mol. The molecule has 0 atom stereocenters. The van der Waals surface area contributed by atoms with E-state index >= 15 is 0 Å². The van der Waals surface area contributed by atoms with Crippen molar-refractivity contribution < 1.29 is 9.59 Å². The highest BCUT2D eigenvalue weighted by Crippen LogP contribution is 2.23. The average molecular weight is 441 g/mol. The summed E-state index contributed by atoms with van der Waals surface area (Å²) in [5.41, 5.74) is 4.70. The molecule has 1 aromatic heterocycles. The first-order valence-electron chi connectivity index (χ1n) is 10.4. The summed E-state index contributed by atoms with van der Waals surface area (Å²) >= 11 is 1.44. The van der Waals surface area contributed by atoms with Crippen molar-refractivity contribution in [2.24, 2.45) is 0 Å². The molecule has 0 bridgehead atoms. The van der Waals surface area contributed by atoms with Gasteiger partial charge in [0.05, 0.1) is 17.8 Å². The van der Waals surface area contributed by atoms with E-state index in [4.69, 9.17) is 0 Å². The predicted octanol–water partition coefficient (Wildman–Crippen LogP) is 6.08. The van der Waals surface area contributed by atoms with Gasteiger partial charge in [0.25, 0.3) is 5.91 Å². The van der Waals surface area contributed by atoms with Crippen LogP contribution in [0.4, 0.5) is 11.4 Å². The van der Waals surface area contributed by atoms with Crippen LogP contribution < -0.4 is 10.2 Å². The molecule has 0 saturated heterocycles. The lowest BCUT2D eigenvalue weighted by atomic mass is 10.1. The van der Waals surface area contributed by atoms with Crippen LogP contribution in [0.15, 0.2) is 96.4 Å². The molecule has 0 saturated carbocycles. The van der Waals surface area contributed by atoms with Crippen molar-refractivity contribution in [1.82, 2.24) is 0 Å². The van der Waals surface area contributed by atoms with E-state index in [0.717, 1.165) is 28.1 Å². The van der Waals surface area contributed by atoms with Gasteiger partial charge in [-0.2, -0.15) is 0 Å². The summed E-state index contributed by atoms with van der Waals surface area (Å²) < 4.78 is 0. The van der Waals surface area contributed by atoms with Crippen molar-refractivity contribution in [1.29, 1.82) is 0 Å². The van der Waals surface area contributed by atoms with Crippen LogP contribution in [0.5, 0.6) is 0 Å². The first-order valence-corrected chi connectivity index (χ1v) is 11.3. The van der Waals surface area contributed by atoms with Crippen LogP contribution in [-0.2, 0) is 17.8 Å². The number of amides is 2. The SMILES string of the molecule is Cc1cccc(CN(C(=O)c2cccs2)c2ccc(CC(=O)Nc3ccccc3)cc2)c1. The van der Waals surface area contributed by atoms with Crippen molar-refractivity contribution in [3.63, 3.8) is 0 Å². The third-order valence-electron chi connectivity index (χ3n) is 5.07. The Balaban J connectivity index is 1.52. The second-order valence-electron chi connectivity index (χ2n) is 7.62. The zero-order chi connectivity index (χ0) is 22.3. The minimum absolute atomic E-state index is 0.0314. The topological polar surface area (TPSA) is 49.4 Å². The van der Waals surface area contributed by atoms with Gasteiger partial charge >= 0.3 is 0 Å².